The second kappa shape index (κ2) is 4.89. The third kappa shape index (κ3) is 2.28. The molecule has 3 fully saturated rings. The molecule has 0 aromatic rings. The van der Waals surface area contributed by atoms with Crippen LogP contribution >= 0.6 is 11.8 Å². The highest BCUT2D eigenvalue weighted by Crippen LogP contribution is 2.49. The van der Waals surface area contributed by atoms with Crippen LogP contribution in [0.4, 0.5) is 0 Å². The average Bonchev–Trinajstić information content (AvgIpc) is 2.92. The molecule has 2 aliphatic carbocycles. The fourth-order valence-corrected chi connectivity index (χ4v) is 5.37. The molecule has 2 heteroatoms. The van der Waals surface area contributed by atoms with Gasteiger partial charge in [-0.1, -0.05) is 6.42 Å². The maximum Gasteiger partial charge on any atom is 0.00853 e. The summed E-state index contributed by atoms with van der Waals surface area (Å²) < 4.78 is 0. The first-order valence-electron chi connectivity index (χ1n) is 7.16. The number of thioether (sulfide) groups is 1. The Morgan fingerprint density at radius 2 is 1.88 bits per heavy atom. The average molecular weight is 239 g/mol. The Labute approximate surface area is 104 Å². The summed E-state index contributed by atoms with van der Waals surface area (Å²) in [5.74, 6) is 5.93. The van der Waals surface area contributed by atoms with Crippen LogP contribution in [0.1, 0.15) is 45.4 Å². The van der Waals surface area contributed by atoms with E-state index in [-0.39, 0.29) is 0 Å². The second-order valence-corrected chi connectivity index (χ2v) is 7.41. The molecule has 1 saturated heterocycles. The Morgan fingerprint density at radius 3 is 2.50 bits per heavy atom. The van der Waals surface area contributed by atoms with Crippen molar-refractivity contribution in [2.75, 3.05) is 11.5 Å². The highest BCUT2D eigenvalue weighted by Gasteiger charge is 2.42. The fraction of sp³-hybridized carbons (Fsp3) is 1.00. The van der Waals surface area contributed by atoms with Gasteiger partial charge in [0.15, 0.2) is 0 Å². The minimum Gasteiger partial charge on any atom is -0.311 e. The molecule has 4 atom stereocenters. The van der Waals surface area contributed by atoms with Crippen molar-refractivity contribution in [1.82, 2.24) is 5.32 Å². The molecule has 2 saturated carbocycles. The Hall–Kier alpha value is 0.310. The van der Waals surface area contributed by atoms with Gasteiger partial charge < -0.3 is 5.32 Å². The van der Waals surface area contributed by atoms with Gasteiger partial charge in [0.25, 0.3) is 0 Å². The van der Waals surface area contributed by atoms with E-state index in [0.717, 1.165) is 29.8 Å². The van der Waals surface area contributed by atoms with Crippen molar-refractivity contribution in [2.24, 2.45) is 17.8 Å². The SMILES string of the molecule is CC(NC1CCSCC1)C1CC2CCC1C2. The molecule has 0 aromatic carbocycles. The van der Waals surface area contributed by atoms with Gasteiger partial charge in [-0.15, -0.1) is 0 Å². The molecule has 0 amide bonds. The predicted octanol–water partition coefficient (Wildman–Crippen LogP) is 3.30. The zero-order valence-corrected chi connectivity index (χ0v) is 11.3. The van der Waals surface area contributed by atoms with Crippen LogP contribution < -0.4 is 5.32 Å². The molecule has 3 rings (SSSR count). The summed E-state index contributed by atoms with van der Waals surface area (Å²) >= 11 is 2.13. The second-order valence-electron chi connectivity index (χ2n) is 6.18. The zero-order chi connectivity index (χ0) is 11.0. The maximum absolute atomic E-state index is 3.93. The lowest BCUT2D eigenvalue weighted by Crippen LogP contribution is -2.44. The summed E-state index contributed by atoms with van der Waals surface area (Å²) in [5, 5.41) is 3.93. The minimum absolute atomic E-state index is 0.781. The van der Waals surface area contributed by atoms with Crippen molar-refractivity contribution in [3.05, 3.63) is 0 Å². The Balaban J connectivity index is 1.51. The number of hydrogen-bond acceptors (Lipinski definition) is 2. The minimum atomic E-state index is 0.781. The molecule has 2 bridgehead atoms. The van der Waals surface area contributed by atoms with Crippen molar-refractivity contribution in [2.45, 2.75) is 57.5 Å². The van der Waals surface area contributed by atoms with Gasteiger partial charge in [0, 0.05) is 12.1 Å². The quantitative estimate of drug-likeness (QED) is 0.811. The number of fused-ring (bicyclic) bond motifs is 2. The zero-order valence-electron chi connectivity index (χ0n) is 10.5. The molecule has 1 nitrogen and oxygen atoms in total. The largest absolute Gasteiger partial charge is 0.311 e. The van der Waals surface area contributed by atoms with E-state index in [1.807, 2.05) is 0 Å². The molecular weight excluding hydrogens is 214 g/mol. The van der Waals surface area contributed by atoms with Crippen molar-refractivity contribution < 1.29 is 0 Å². The van der Waals surface area contributed by atoms with Crippen LogP contribution in [-0.2, 0) is 0 Å². The van der Waals surface area contributed by atoms with Crippen LogP contribution in [0, 0.1) is 17.8 Å². The summed E-state index contributed by atoms with van der Waals surface area (Å²) in [5.41, 5.74) is 0. The normalized spacial score (nSPS) is 41.4. The molecule has 16 heavy (non-hydrogen) atoms. The fourth-order valence-electron chi connectivity index (χ4n) is 4.27. The lowest BCUT2D eigenvalue weighted by molar-refractivity contribution is 0.241. The van der Waals surface area contributed by atoms with Crippen molar-refractivity contribution in [3.8, 4) is 0 Å². The van der Waals surface area contributed by atoms with E-state index >= 15 is 0 Å². The van der Waals surface area contributed by atoms with Gasteiger partial charge in [-0.3, -0.25) is 0 Å². The maximum atomic E-state index is 3.93. The Kier molecular flexibility index (Phi) is 3.49. The van der Waals surface area contributed by atoms with Gasteiger partial charge in [0.1, 0.15) is 0 Å². The smallest absolute Gasteiger partial charge is 0.00853 e. The van der Waals surface area contributed by atoms with E-state index in [9.17, 15) is 0 Å². The van der Waals surface area contributed by atoms with E-state index < -0.39 is 0 Å². The Morgan fingerprint density at radius 1 is 1.06 bits per heavy atom. The molecule has 1 N–H and O–H groups in total. The first-order valence-corrected chi connectivity index (χ1v) is 8.32. The molecule has 3 aliphatic rings. The lowest BCUT2D eigenvalue weighted by atomic mass is 9.83. The van der Waals surface area contributed by atoms with Crippen LogP contribution in [0.2, 0.25) is 0 Å². The third-order valence-electron chi connectivity index (χ3n) is 5.15. The van der Waals surface area contributed by atoms with E-state index in [0.29, 0.717) is 0 Å². The molecule has 1 heterocycles. The van der Waals surface area contributed by atoms with Crippen molar-refractivity contribution in [3.63, 3.8) is 0 Å². The van der Waals surface area contributed by atoms with E-state index in [1.54, 1.807) is 6.42 Å². The highest BCUT2D eigenvalue weighted by atomic mass is 32.2. The van der Waals surface area contributed by atoms with E-state index in [2.05, 4.69) is 24.0 Å². The first kappa shape index (κ1) is 11.4. The van der Waals surface area contributed by atoms with E-state index in [1.165, 1.54) is 43.6 Å². The van der Waals surface area contributed by atoms with Crippen molar-refractivity contribution >= 4 is 11.8 Å². The summed E-state index contributed by atoms with van der Waals surface area (Å²) in [6, 6.07) is 1.61. The summed E-state index contributed by atoms with van der Waals surface area (Å²) in [4.78, 5) is 0. The molecule has 0 aromatic heterocycles. The number of nitrogens with one attached hydrogen (secondary N) is 1. The standard InChI is InChI=1S/C14H25NS/c1-10(15-13-4-6-16-7-5-13)14-9-11-2-3-12(14)8-11/h10-15H,2-9H2,1H3. The molecule has 92 valence electrons. The summed E-state index contributed by atoms with van der Waals surface area (Å²) in [6.07, 6.45) is 8.94. The van der Waals surface area contributed by atoms with Gasteiger partial charge in [-0.05, 0) is 68.3 Å². The van der Waals surface area contributed by atoms with Crippen LogP contribution in [0.3, 0.4) is 0 Å². The number of rotatable bonds is 3. The van der Waals surface area contributed by atoms with Crippen molar-refractivity contribution in [1.29, 1.82) is 0 Å². The molecule has 4 unspecified atom stereocenters. The van der Waals surface area contributed by atoms with Gasteiger partial charge in [-0.25, -0.2) is 0 Å². The summed E-state index contributed by atoms with van der Waals surface area (Å²) in [7, 11) is 0. The molecule has 0 radical (unpaired) electrons. The predicted molar refractivity (Wildman–Crippen MR) is 71.9 cm³/mol. The molecule has 0 spiro atoms. The first-order chi connectivity index (χ1) is 7.83. The molecule has 1 aliphatic heterocycles. The van der Waals surface area contributed by atoms with Gasteiger partial charge in [0.05, 0.1) is 0 Å². The Bertz CT molecular complexity index is 237. The lowest BCUT2D eigenvalue weighted by Gasteiger charge is -2.33. The summed E-state index contributed by atoms with van der Waals surface area (Å²) in [6.45, 7) is 2.45. The van der Waals surface area contributed by atoms with Crippen LogP contribution in [0.5, 0.6) is 0 Å². The van der Waals surface area contributed by atoms with E-state index in [4.69, 9.17) is 0 Å². The molecular formula is C14H25NS. The van der Waals surface area contributed by atoms with Gasteiger partial charge in [0.2, 0.25) is 0 Å². The monoisotopic (exact) mass is 239 g/mol. The van der Waals surface area contributed by atoms with Gasteiger partial charge in [-0.2, -0.15) is 11.8 Å². The third-order valence-corrected chi connectivity index (χ3v) is 6.20. The number of hydrogen-bond donors (Lipinski definition) is 1. The van der Waals surface area contributed by atoms with Crippen LogP contribution in [0.25, 0.3) is 0 Å². The topological polar surface area (TPSA) is 12.0 Å². The van der Waals surface area contributed by atoms with Crippen LogP contribution in [0.15, 0.2) is 0 Å². The van der Waals surface area contributed by atoms with Gasteiger partial charge >= 0.3 is 0 Å². The van der Waals surface area contributed by atoms with Crippen LogP contribution in [-0.4, -0.2) is 23.6 Å². The highest BCUT2D eigenvalue weighted by molar-refractivity contribution is 7.99.